The number of primary amides is 1. The number of carbonyl (C=O) groups is 1. The molecular weight excluding hydrogens is 212 g/mol. The Bertz CT molecular complexity index is 359. The first-order chi connectivity index (χ1) is 7.75. The Morgan fingerprint density at radius 1 is 1.62 bits per heavy atom. The van der Waals surface area contributed by atoms with Crippen LogP contribution < -0.4 is 11.1 Å². The summed E-state index contributed by atoms with van der Waals surface area (Å²) in [7, 11) is 0. The second kappa shape index (κ2) is 5.04. The van der Waals surface area contributed by atoms with E-state index < -0.39 is 5.91 Å². The van der Waals surface area contributed by atoms with E-state index in [4.69, 9.17) is 15.0 Å². The molecule has 1 aromatic heterocycles. The van der Waals surface area contributed by atoms with Crippen molar-refractivity contribution in [3.8, 4) is 0 Å². The third-order valence-corrected chi connectivity index (χ3v) is 2.28. The maximum absolute atomic E-state index is 10.5. The molecule has 0 bridgehead atoms. The molecule has 1 aliphatic heterocycles. The number of nitrogens with one attached hydrogen (secondary N) is 1. The summed E-state index contributed by atoms with van der Waals surface area (Å²) in [4.78, 5) is 14.6. The van der Waals surface area contributed by atoms with Crippen molar-refractivity contribution < 1.29 is 14.1 Å². The van der Waals surface area contributed by atoms with E-state index in [2.05, 4.69) is 15.5 Å². The van der Waals surface area contributed by atoms with Gasteiger partial charge in [0.25, 0.3) is 0 Å². The lowest BCUT2D eigenvalue weighted by Crippen LogP contribution is -2.28. The zero-order chi connectivity index (χ0) is 11.4. The first kappa shape index (κ1) is 11.0. The Morgan fingerprint density at radius 3 is 3.19 bits per heavy atom. The third-order valence-electron chi connectivity index (χ3n) is 2.28. The predicted molar refractivity (Wildman–Crippen MR) is 53.1 cm³/mol. The summed E-state index contributed by atoms with van der Waals surface area (Å²) in [6.45, 7) is 1.18. The molecule has 1 aliphatic rings. The van der Waals surface area contributed by atoms with Crippen LogP contribution in [0, 0.1) is 0 Å². The molecule has 7 nitrogen and oxygen atoms in total. The van der Waals surface area contributed by atoms with Crippen molar-refractivity contribution in [1.29, 1.82) is 0 Å². The highest BCUT2D eigenvalue weighted by Crippen LogP contribution is 2.25. The van der Waals surface area contributed by atoms with Crippen LogP contribution in [0.5, 0.6) is 0 Å². The van der Waals surface area contributed by atoms with Crippen molar-refractivity contribution in [2.45, 2.75) is 25.5 Å². The second-order valence-electron chi connectivity index (χ2n) is 3.62. The van der Waals surface area contributed by atoms with Gasteiger partial charge in [-0.25, -0.2) is 0 Å². The normalized spacial score (nSPS) is 20.1. The van der Waals surface area contributed by atoms with Crippen LogP contribution >= 0.6 is 0 Å². The molecule has 16 heavy (non-hydrogen) atoms. The Hall–Kier alpha value is -1.47. The van der Waals surface area contributed by atoms with Crippen LogP contribution in [0.4, 0.5) is 0 Å². The molecule has 3 N–H and O–H groups in total. The lowest BCUT2D eigenvalue weighted by molar-refractivity contribution is -0.117. The third kappa shape index (κ3) is 2.77. The summed E-state index contributed by atoms with van der Waals surface area (Å²) in [5.74, 6) is 0.596. The van der Waals surface area contributed by atoms with Gasteiger partial charge in [0, 0.05) is 6.61 Å². The molecule has 2 rings (SSSR count). The molecule has 0 aliphatic carbocycles. The molecule has 88 valence electrons. The second-order valence-corrected chi connectivity index (χ2v) is 3.62. The standard InChI is InChI=1S/C9H14N4O3/c10-7(14)4-11-5-8-12-9(13-16-8)6-2-1-3-15-6/h6,11H,1-5H2,(H2,10,14). The van der Waals surface area contributed by atoms with Gasteiger partial charge in [0.05, 0.1) is 13.1 Å². The van der Waals surface area contributed by atoms with Crippen LogP contribution in [-0.2, 0) is 16.1 Å². The highest BCUT2D eigenvalue weighted by atomic mass is 16.5. The van der Waals surface area contributed by atoms with Crippen LogP contribution in [0.3, 0.4) is 0 Å². The smallest absolute Gasteiger partial charge is 0.240 e. The molecule has 2 heterocycles. The van der Waals surface area contributed by atoms with Gasteiger partial charge < -0.3 is 15.0 Å². The van der Waals surface area contributed by atoms with Crippen molar-refractivity contribution in [3.63, 3.8) is 0 Å². The number of rotatable bonds is 5. The Kier molecular flexibility index (Phi) is 3.47. The predicted octanol–water partition coefficient (Wildman–Crippen LogP) is -0.504. The molecule has 1 unspecified atom stereocenters. The van der Waals surface area contributed by atoms with Gasteiger partial charge in [-0.15, -0.1) is 0 Å². The van der Waals surface area contributed by atoms with Gasteiger partial charge in [-0.2, -0.15) is 4.98 Å². The molecule has 1 atom stereocenters. The summed E-state index contributed by atoms with van der Waals surface area (Å²) < 4.78 is 10.4. The van der Waals surface area contributed by atoms with E-state index in [9.17, 15) is 4.79 Å². The number of nitrogens with zero attached hydrogens (tertiary/aromatic N) is 2. The molecule has 0 radical (unpaired) electrons. The number of carbonyl (C=O) groups excluding carboxylic acids is 1. The molecule has 7 heteroatoms. The minimum absolute atomic E-state index is 0.0476. The van der Waals surface area contributed by atoms with E-state index in [1.165, 1.54) is 0 Å². The summed E-state index contributed by atoms with van der Waals surface area (Å²) in [5.41, 5.74) is 4.97. The van der Waals surface area contributed by atoms with Gasteiger partial charge in [-0.3, -0.25) is 10.1 Å². The average Bonchev–Trinajstić information content (AvgIpc) is 2.85. The number of nitrogens with two attached hydrogens (primary N) is 1. The first-order valence-electron chi connectivity index (χ1n) is 5.19. The maximum Gasteiger partial charge on any atom is 0.240 e. The number of amides is 1. The van der Waals surface area contributed by atoms with E-state index in [1.54, 1.807) is 0 Å². The minimum Gasteiger partial charge on any atom is -0.370 e. The van der Waals surface area contributed by atoms with Gasteiger partial charge in [-0.05, 0) is 12.8 Å². The van der Waals surface area contributed by atoms with Gasteiger partial charge in [0.2, 0.25) is 17.6 Å². The molecule has 0 aromatic carbocycles. The van der Waals surface area contributed by atoms with Crippen molar-refractivity contribution in [3.05, 3.63) is 11.7 Å². The number of hydrogen-bond donors (Lipinski definition) is 2. The van der Waals surface area contributed by atoms with Crippen molar-refractivity contribution >= 4 is 5.91 Å². The van der Waals surface area contributed by atoms with Crippen molar-refractivity contribution in [1.82, 2.24) is 15.5 Å². The van der Waals surface area contributed by atoms with Crippen LogP contribution in [-0.4, -0.2) is 29.2 Å². The SMILES string of the molecule is NC(=O)CNCc1nc(C2CCCO2)no1. The zero-order valence-electron chi connectivity index (χ0n) is 8.81. The lowest BCUT2D eigenvalue weighted by Gasteiger charge is -2.00. The summed E-state index contributed by atoms with van der Waals surface area (Å²) in [5, 5.41) is 6.62. The van der Waals surface area contributed by atoms with Gasteiger partial charge in [0.1, 0.15) is 6.10 Å². The average molecular weight is 226 g/mol. The summed E-state index contributed by atoms with van der Waals surface area (Å²) in [6.07, 6.45) is 1.90. The number of aromatic nitrogens is 2. The molecule has 1 saturated heterocycles. The molecule has 1 amide bonds. The summed E-state index contributed by atoms with van der Waals surface area (Å²) in [6, 6.07) is 0. The number of ether oxygens (including phenoxy) is 1. The van der Waals surface area contributed by atoms with E-state index >= 15 is 0 Å². The van der Waals surface area contributed by atoms with Gasteiger partial charge in [0.15, 0.2) is 0 Å². The quantitative estimate of drug-likeness (QED) is 0.701. The van der Waals surface area contributed by atoms with E-state index in [-0.39, 0.29) is 12.6 Å². The highest BCUT2D eigenvalue weighted by Gasteiger charge is 2.22. The van der Waals surface area contributed by atoms with Gasteiger partial charge >= 0.3 is 0 Å². The topological polar surface area (TPSA) is 103 Å². The maximum atomic E-state index is 10.5. The van der Waals surface area contributed by atoms with E-state index in [1.807, 2.05) is 0 Å². The molecule has 1 aromatic rings. The van der Waals surface area contributed by atoms with E-state index in [0.717, 1.165) is 19.4 Å². The zero-order valence-corrected chi connectivity index (χ0v) is 8.81. The largest absolute Gasteiger partial charge is 0.370 e. The fraction of sp³-hybridized carbons (Fsp3) is 0.667. The molecule has 0 spiro atoms. The summed E-state index contributed by atoms with van der Waals surface area (Å²) >= 11 is 0. The molecule has 1 fully saturated rings. The Balaban J connectivity index is 1.84. The van der Waals surface area contributed by atoms with Gasteiger partial charge in [-0.1, -0.05) is 5.16 Å². The fourth-order valence-corrected chi connectivity index (χ4v) is 1.54. The Labute approximate surface area is 92.3 Å². The van der Waals surface area contributed by atoms with Crippen LogP contribution in [0.1, 0.15) is 30.7 Å². The Morgan fingerprint density at radius 2 is 2.50 bits per heavy atom. The highest BCUT2D eigenvalue weighted by molar-refractivity contribution is 5.75. The molecule has 0 saturated carbocycles. The van der Waals surface area contributed by atoms with Crippen LogP contribution in [0.2, 0.25) is 0 Å². The molecular formula is C9H14N4O3. The van der Waals surface area contributed by atoms with Crippen LogP contribution in [0.25, 0.3) is 0 Å². The minimum atomic E-state index is -0.418. The monoisotopic (exact) mass is 226 g/mol. The van der Waals surface area contributed by atoms with Crippen molar-refractivity contribution in [2.75, 3.05) is 13.2 Å². The fourth-order valence-electron chi connectivity index (χ4n) is 1.54. The van der Waals surface area contributed by atoms with Crippen molar-refractivity contribution in [2.24, 2.45) is 5.73 Å². The van der Waals surface area contributed by atoms with Crippen LogP contribution in [0.15, 0.2) is 4.52 Å². The number of hydrogen-bond acceptors (Lipinski definition) is 6. The first-order valence-corrected chi connectivity index (χ1v) is 5.19. The van der Waals surface area contributed by atoms with E-state index in [0.29, 0.717) is 18.3 Å². The lowest BCUT2D eigenvalue weighted by atomic mass is 10.2.